The zero-order valence-electron chi connectivity index (χ0n) is 7.59. The van der Waals surface area contributed by atoms with E-state index in [-0.39, 0.29) is 11.1 Å². The van der Waals surface area contributed by atoms with E-state index in [4.69, 9.17) is 11.0 Å². The molecule has 0 fully saturated rings. The molecule has 7 heteroatoms. The molecule has 15 heavy (non-hydrogen) atoms. The molecule has 0 atom stereocenters. The number of aromatic nitrogens is 1. The molecule has 0 aliphatic rings. The minimum atomic E-state index is -4.89. The highest BCUT2D eigenvalue weighted by atomic mass is 19.4. The molecule has 1 aromatic heterocycles. The molecule has 0 aliphatic carbocycles. The van der Waals surface area contributed by atoms with Gasteiger partial charge >= 0.3 is 6.36 Å². The Balaban J connectivity index is 3.28. The highest BCUT2D eigenvalue weighted by molar-refractivity contribution is 5.58. The van der Waals surface area contributed by atoms with E-state index < -0.39 is 17.9 Å². The first kappa shape index (κ1) is 11.1. The molecule has 0 radical (unpaired) electrons. The van der Waals surface area contributed by atoms with Crippen LogP contribution in [0.4, 0.5) is 19.0 Å². The van der Waals surface area contributed by atoms with Crippen molar-refractivity contribution < 1.29 is 17.9 Å². The van der Waals surface area contributed by atoms with Crippen LogP contribution in [0.15, 0.2) is 6.20 Å². The van der Waals surface area contributed by atoms with Gasteiger partial charge in [0.25, 0.3) is 0 Å². The second kappa shape index (κ2) is 3.65. The SMILES string of the molecule is Cc1cnc(N)c(OC(F)(F)F)c1C#N. The van der Waals surface area contributed by atoms with Crippen LogP contribution in [0, 0.1) is 18.3 Å². The van der Waals surface area contributed by atoms with Crippen molar-refractivity contribution in [1.82, 2.24) is 4.98 Å². The van der Waals surface area contributed by atoms with Crippen molar-refractivity contribution in [2.45, 2.75) is 13.3 Å². The smallest absolute Gasteiger partial charge is 0.400 e. The number of nitriles is 1. The number of hydrogen-bond acceptors (Lipinski definition) is 4. The predicted octanol–water partition coefficient (Wildman–Crippen LogP) is 1.74. The first-order valence-corrected chi connectivity index (χ1v) is 3.76. The summed E-state index contributed by atoms with van der Waals surface area (Å²) in [5.74, 6) is -1.21. The molecule has 1 rings (SSSR count). The van der Waals surface area contributed by atoms with Gasteiger partial charge in [-0.25, -0.2) is 4.98 Å². The molecule has 2 N–H and O–H groups in total. The number of halogens is 3. The molecule has 0 saturated carbocycles. The molecular formula is C8H6F3N3O. The first-order valence-electron chi connectivity index (χ1n) is 3.76. The minimum absolute atomic E-state index is 0.264. The molecular weight excluding hydrogens is 211 g/mol. The van der Waals surface area contributed by atoms with Gasteiger partial charge < -0.3 is 10.5 Å². The fraction of sp³-hybridized carbons (Fsp3) is 0.250. The zero-order valence-corrected chi connectivity index (χ0v) is 7.59. The van der Waals surface area contributed by atoms with Crippen LogP contribution >= 0.6 is 0 Å². The van der Waals surface area contributed by atoms with E-state index in [0.29, 0.717) is 0 Å². The number of anilines is 1. The van der Waals surface area contributed by atoms with E-state index in [1.165, 1.54) is 13.1 Å². The third-order valence-corrected chi connectivity index (χ3v) is 1.58. The number of rotatable bonds is 1. The van der Waals surface area contributed by atoms with Crippen LogP contribution in [-0.4, -0.2) is 11.3 Å². The van der Waals surface area contributed by atoms with Crippen LogP contribution in [0.3, 0.4) is 0 Å². The predicted molar refractivity (Wildman–Crippen MR) is 44.8 cm³/mol. The van der Waals surface area contributed by atoms with Gasteiger partial charge in [0.15, 0.2) is 11.6 Å². The lowest BCUT2D eigenvalue weighted by Crippen LogP contribution is -2.19. The summed E-state index contributed by atoms with van der Waals surface area (Å²) in [6.07, 6.45) is -3.69. The number of alkyl halides is 3. The Kier molecular flexibility index (Phi) is 2.70. The summed E-state index contributed by atoms with van der Waals surface area (Å²) in [5.41, 5.74) is 5.19. The molecule has 80 valence electrons. The number of ether oxygens (including phenoxy) is 1. The molecule has 0 saturated heterocycles. The van der Waals surface area contributed by atoms with Gasteiger partial charge in [0.05, 0.1) is 0 Å². The minimum Gasteiger partial charge on any atom is -0.400 e. The summed E-state index contributed by atoms with van der Waals surface area (Å²) >= 11 is 0. The molecule has 0 aromatic carbocycles. The van der Waals surface area contributed by atoms with Gasteiger partial charge in [-0.1, -0.05) is 0 Å². The fourth-order valence-corrected chi connectivity index (χ4v) is 0.955. The Hall–Kier alpha value is -1.97. The highest BCUT2D eigenvalue weighted by Gasteiger charge is 2.33. The molecule has 0 unspecified atom stereocenters. The van der Waals surface area contributed by atoms with E-state index in [9.17, 15) is 13.2 Å². The topological polar surface area (TPSA) is 71.9 Å². The molecule has 4 nitrogen and oxygen atoms in total. The average molecular weight is 217 g/mol. The van der Waals surface area contributed by atoms with Crippen molar-refractivity contribution in [3.8, 4) is 11.8 Å². The maximum atomic E-state index is 12.0. The lowest BCUT2D eigenvalue weighted by Gasteiger charge is -2.12. The zero-order chi connectivity index (χ0) is 11.6. The van der Waals surface area contributed by atoms with Crippen LogP contribution in [-0.2, 0) is 0 Å². The Bertz CT molecular complexity index is 422. The standard InChI is InChI=1S/C8H6F3N3O/c1-4-3-14-7(13)6(5(4)2-12)15-8(9,10)11/h3H,1H3,(H2,13,14). The first-order chi connectivity index (χ1) is 6.85. The van der Waals surface area contributed by atoms with Gasteiger partial charge in [-0.3, -0.25) is 0 Å². The monoisotopic (exact) mass is 217 g/mol. The summed E-state index contributed by atoms with van der Waals surface area (Å²) in [6.45, 7) is 1.44. The van der Waals surface area contributed by atoms with E-state index >= 15 is 0 Å². The van der Waals surface area contributed by atoms with Crippen molar-refractivity contribution in [1.29, 1.82) is 5.26 Å². The van der Waals surface area contributed by atoms with Gasteiger partial charge in [0.1, 0.15) is 11.6 Å². The summed E-state index contributed by atoms with van der Waals surface area (Å²) in [5, 5.41) is 8.64. The van der Waals surface area contributed by atoms with Gasteiger partial charge in [-0.15, -0.1) is 13.2 Å². The van der Waals surface area contributed by atoms with Crippen LogP contribution < -0.4 is 10.5 Å². The normalized spacial score (nSPS) is 10.9. The van der Waals surface area contributed by atoms with Crippen LogP contribution in [0.1, 0.15) is 11.1 Å². The largest absolute Gasteiger partial charge is 0.573 e. The van der Waals surface area contributed by atoms with Gasteiger partial charge in [0, 0.05) is 6.20 Å². The summed E-state index contributed by atoms with van der Waals surface area (Å²) in [6, 6.07) is 1.58. The Labute approximate surface area is 83.1 Å². The van der Waals surface area contributed by atoms with Crippen molar-refractivity contribution in [3.05, 3.63) is 17.3 Å². The number of nitrogens with two attached hydrogens (primary N) is 1. The molecule has 0 amide bonds. The van der Waals surface area contributed by atoms with Gasteiger partial charge in [-0.2, -0.15) is 5.26 Å². The summed E-state index contributed by atoms with van der Waals surface area (Å²) in [7, 11) is 0. The quantitative estimate of drug-likeness (QED) is 0.777. The lowest BCUT2D eigenvalue weighted by molar-refractivity contribution is -0.274. The molecule has 0 aliphatic heterocycles. The van der Waals surface area contributed by atoms with Crippen molar-refractivity contribution in [3.63, 3.8) is 0 Å². The summed E-state index contributed by atoms with van der Waals surface area (Å²) < 4.78 is 39.5. The van der Waals surface area contributed by atoms with Gasteiger partial charge in [-0.05, 0) is 12.5 Å². The van der Waals surface area contributed by atoms with Crippen molar-refractivity contribution in [2.75, 3.05) is 5.73 Å². The fourth-order valence-electron chi connectivity index (χ4n) is 0.955. The number of nitrogen functional groups attached to an aromatic ring is 1. The van der Waals surface area contributed by atoms with E-state index in [0.717, 1.165) is 0 Å². The third-order valence-electron chi connectivity index (χ3n) is 1.58. The number of hydrogen-bond donors (Lipinski definition) is 1. The third kappa shape index (κ3) is 2.49. The van der Waals surface area contributed by atoms with Crippen molar-refractivity contribution >= 4 is 5.82 Å². The van der Waals surface area contributed by atoms with Crippen molar-refractivity contribution in [2.24, 2.45) is 0 Å². The van der Waals surface area contributed by atoms with Crippen LogP contribution in [0.5, 0.6) is 5.75 Å². The van der Waals surface area contributed by atoms with Gasteiger partial charge in [0.2, 0.25) is 0 Å². The maximum absolute atomic E-state index is 12.0. The average Bonchev–Trinajstić information content (AvgIpc) is 2.10. The maximum Gasteiger partial charge on any atom is 0.573 e. The van der Waals surface area contributed by atoms with E-state index in [2.05, 4.69) is 9.72 Å². The lowest BCUT2D eigenvalue weighted by atomic mass is 10.1. The Morgan fingerprint density at radius 1 is 1.53 bits per heavy atom. The molecule has 1 heterocycles. The number of pyridine rings is 1. The molecule has 1 aromatic rings. The molecule has 0 spiro atoms. The van der Waals surface area contributed by atoms with E-state index in [1.807, 2.05) is 0 Å². The Morgan fingerprint density at radius 2 is 2.13 bits per heavy atom. The molecule has 0 bridgehead atoms. The number of nitrogens with zero attached hydrogens (tertiary/aromatic N) is 2. The number of aryl methyl sites for hydroxylation is 1. The van der Waals surface area contributed by atoms with E-state index in [1.54, 1.807) is 6.07 Å². The second-order valence-electron chi connectivity index (χ2n) is 2.69. The highest BCUT2D eigenvalue weighted by Crippen LogP contribution is 2.31. The van der Waals surface area contributed by atoms with Crippen LogP contribution in [0.25, 0.3) is 0 Å². The van der Waals surface area contributed by atoms with Crippen LogP contribution in [0.2, 0.25) is 0 Å². The Morgan fingerprint density at radius 3 is 2.60 bits per heavy atom. The second-order valence-corrected chi connectivity index (χ2v) is 2.69. The summed E-state index contributed by atoms with van der Waals surface area (Å²) in [4.78, 5) is 3.47.